The lowest BCUT2D eigenvalue weighted by Gasteiger charge is -2.12. The number of rotatable bonds is 2. The van der Waals surface area contributed by atoms with Crippen molar-refractivity contribution < 1.29 is 0 Å². The Kier molecular flexibility index (Phi) is 6.37. The molecule has 0 aromatic rings. The summed E-state index contributed by atoms with van der Waals surface area (Å²) in [7, 11) is 0. The topological polar surface area (TPSA) is 0 Å². The van der Waals surface area contributed by atoms with E-state index in [4.69, 9.17) is 0 Å². The van der Waals surface area contributed by atoms with Crippen LogP contribution in [0, 0.1) is 0 Å². The van der Waals surface area contributed by atoms with Gasteiger partial charge >= 0.3 is 0 Å². The molecule has 0 unspecified atom stereocenters. The molecule has 4 rings (SSSR count). The van der Waals surface area contributed by atoms with Crippen molar-refractivity contribution in [3.8, 4) is 0 Å². The molecule has 0 fully saturated rings. The Bertz CT molecular complexity index is 707. The normalized spacial score (nSPS) is 22.8. The van der Waals surface area contributed by atoms with Crippen molar-refractivity contribution in [1.29, 1.82) is 0 Å². The van der Waals surface area contributed by atoms with Crippen molar-refractivity contribution in [3.05, 3.63) is 70.4 Å². The molecule has 0 saturated carbocycles. The molecule has 0 aliphatic carbocycles. The van der Waals surface area contributed by atoms with Gasteiger partial charge in [-0.1, -0.05) is 99.7 Å². The maximum absolute atomic E-state index is 2.33. The van der Waals surface area contributed by atoms with E-state index in [1.165, 1.54) is 37.9 Å². The van der Waals surface area contributed by atoms with Crippen molar-refractivity contribution in [3.63, 3.8) is 0 Å². The lowest BCUT2D eigenvalue weighted by atomic mass is 10.1. The molecular weight excluding hydrogens is 449 g/mol. The largest absolute Gasteiger partial charge is 0.0884 e. The van der Waals surface area contributed by atoms with Gasteiger partial charge in [0.1, 0.15) is 0 Å². The smallest absolute Gasteiger partial charge is 0.0700 e. The van der Waals surface area contributed by atoms with E-state index >= 15 is 0 Å². The predicted molar refractivity (Wildman–Crippen MR) is 128 cm³/mol. The average molecular weight is 461 g/mol. The molecule has 4 aliphatic rings. The highest BCUT2D eigenvalue weighted by atomic mass is 32.2. The van der Waals surface area contributed by atoms with E-state index in [0.29, 0.717) is 0 Å². The maximum atomic E-state index is 2.33. The van der Waals surface area contributed by atoms with Crippen LogP contribution in [0.4, 0.5) is 0 Å². The van der Waals surface area contributed by atoms with Crippen molar-refractivity contribution in [2.75, 3.05) is 0 Å². The number of allylic oxidation sites excluding steroid dienone is 3. The van der Waals surface area contributed by atoms with E-state index in [0.717, 1.165) is 0 Å². The summed E-state index contributed by atoms with van der Waals surface area (Å²) in [5.41, 5.74) is 2.80. The molecule has 24 heavy (non-hydrogen) atoms. The van der Waals surface area contributed by atoms with Crippen molar-refractivity contribution >= 4 is 94.1 Å². The molecule has 0 nitrogen and oxygen atoms in total. The highest BCUT2D eigenvalue weighted by molar-refractivity contribution is 8.34. The van der Waals surface area contributed by atoms with E-state index in [9.17, 15) is 0 Å². The predicted octanol–water partition coefficient (Wildman–Crippen LogP) is 9.12. The fraction of sp³-hybridized carbons (Fsp3) is 0.125. The van der Waals surface area contributed by atoms with Crippen molar-refractivity contribution in [2.45, 2.75) is 13.8 Å². The van der Waals surface area contributed by atoms with Crippen LogP contribution >= 0.6 is 94.1 Å². The van der Waals surface area contributed by atoms with E-state index in [1.807, 2.05) is 94.1 Å². The summed E-state index contributed by atoms with van der Waals surface area (Å²) in [5.74, 6) is 0. The number of hydrogen-bond acceptors (Lipinski definition) is 8. The van der Waals surface area contributed by atoms with Crippen LogP contribution in [-0.4, -0.2) is 0 Å². The zero-order valence-corrected chi connectivity index (χ0v) is 19.3. The molecule has 0 aromatic heterocycles. The minimum absolute atomic E-state index is 1.39. The van der Waals surface area contributed by atoms with Crippen LogP contribution in [0.1, 0.15) is 13.8 Å². The zero-order chi connectivity index (χ0) is 16.5. The summed E-state index contributed by atoms with van der Waals surface area (Å²) in [6.07, 6.45) is 0. The Morgan fingerprint density at radius 3 is 1.38 bits per heavy atom. The summed E-state index contributed by atoms with van der Waals surface area (Å²) in [4.78, 5) is 2.79. The van der Waals surface area contributed by atoms with Gasteiger partial charge in [0.25, 0.3) is 0 Å². The van der Waals surface area contributed by atoms with Crippen molar-refractivity contribution in [1.82, 2.24) is 0 Å². The van der Waals surface area contributed by atoms with Gasteiger partial charge in [0.05, 0.1) is 16.9 Å². The molecule has 0 aromatic carbocycles. The second-order valence-electron chi connectivity index (χ2n) is 4.94. The third kappa shape index (κ3) is 3.96. The van der Waals surface area contributed by atoms with Gasteiger partial charge in [-0.05, 0) is 46.3 Å². The molecule has 0 radical (unpaired) electrons. The summed E-state index contributed by atoms with van der Waals surface area (Å²) in [6.45, 7) is 4.45. The first-order valence-corrected chi connectivity index (χ1v) is 13.9. The average Bonchev–Trinajstić information content (AvgIpc) is 3.34. The Balaban J connectivity index is 1.54. The van der Waals surface area contributed by atoms with Gasteiger partial charge in [-0.25, -0.2) is 0 Å². The monoisotopic (exact) mass is 460 g/mol. The summed E-state index contributed by atoms with van der Waals surface area (Å²) >= 11 is 14.9. The molecule has 124 valence electrons. The molecule has 0 bridgehead atoms. The molecular formula is C16H12S8. The molecule has 0 spiro atoms. The first-order chi connectivity index (χ1) is 11.7. The van der Waals surface area contributed by atoms with E-state index in [-0.39, 0.29) is 0 Å². The van der Waals surface area contributed by atoms with Crippen LogP contribution in [0.3, 0.4) is 0 Å². The van der Waals surface area contributed by atoms with Crippen molar-refractivity contribution in [2.24, 2.45) is 0 Å². The minimum Gasteiger partial charge on any atom is -0.0884 e. The molecule has 0 saturated heterocycles. The standard InChI is InChI=1S/C16H12S8/c1-9(2)12(10-7-21-15(23-10)13-17-3-4-18-13)11-8-22-16(24-11)14-19-5-6-20-14/h3-8H,1-2H3. The van der Waals surface area contributed by atoms with E-state index < -0.39 is 0 Å². The lowest BCUT2D eigenvalue weighted by Crippen LogP contribution is -1.89. The lowest BCUT2D eigenvalue weighted by molar-refractivity contribution is 1.33. The second kappa shape index (κ2) is 8.33. The minimum atomic E-state index is 1.39. The number of hydrogen-bond donors (Lipinski definition) is 0. The van der Waals surface area contributed by atoms with Gasteiger partial charge in [-0.2, -0.15) is 0 Å². The Hall–Kier alpha value is 0.980. The molecule has 0 atom stereocenters. The highest BCUT2D eigenvalue weighted by Crippen LogP contribution is 2.60. The quantitative estimate of drug-likeness (QED) is 0.395. The molecule has 4 aliphatic heterocycles. The Morgan fingerprint density at radius 1 is 0.583 bits per heavy atom. The van der Waals surface area contributed by atoms with Crippen LogP contribution in [0.5, 0.6) is 0 Å². The third-order valence-electron chi connectivity index (χ3n) is 3.09. The van der Waals surface area contributed by atoms with Crippen LogP contribution in [0.2, 0.25) is 0 Å². The van der Waals surface area contributed by atoms with Gasteiger partial charge in [-0.3, -0.25) is 0 Å². The molecule has 0 amide bonds. The van der Waals surface area contributed by atoms with E-state index in [2.05, 4.69) is 46.3 Å². The zero-order valence-electron chi connectivity index (χ0n) is 12.7. The van der Waals surface area contributed by atoms with Gasteiger partial charge < -0.3 is 0 Å². The SMILES string of the molecule is CC(C)=C(C1=CSC(=C2SC=CS2)S1)C1=CSC(=C2SC=CS2)S1. The first-order valence-electron chi connectivity index (χ1n) is 6.95. The van der Waals surface area contributed by atoms with Gasteiger partial charge in [0.2, 0.25) is 0 Å². The Morgan fingerprint density at radius 2 is 1.00 bits per heavy atom. The summed E-state index contributed by atoms with van der Waals surface area (Å²) in [5, 5.41) is 13.3. The fourth-order valence-electron chi connectivity index (χ4n) is 2.13. The number of thioether (sulfide) groups is 8. The van der Waals surface area contributed by atoms with Gasteiger partial charge in [0, 0.05) is 15.4 Å². The summed E-state index contributed by atoms with van der Waals surface area (Å²) in [6, 6.07) is 0. The van der Waals surface area contributed by atoms with Gasteiger partial charge in [0.15, 0.2) is 0 Å². The second-order valence-corrected chi connectivity index (χ2v) is 13.5. The molecule has 8 heteroatoms. The first kappa shape index (κ1) is 18.3. The third-order valence-corrected chi connectivity index (χ3v) is 13.2. The van der Waals surface area contributed by atoms with Crippen LogP contribution in [0.15, 0.2) is 70.4 Å². The van der Waals surface area contributed by atoms with Crippen LogP contribution < -0.4 is 0 Å². The van der Waals surface area contributed by atoms with Crippen LogP contribution in [0.25, 0.3) is 0 Å². The summed E-state index contributed by atoms with van der Waals surface area (Å²) < 4.78 is 5.67. The molecule has 4 heterocycles. The van der Waals surface area contributed by atoms with E-state index in [1.54, 1.807) is 0 Å². The van der Waals surface area contributed by atoms with Gasteiger partial charge in [-0.15, -0.1) is 0 Å². The highest BCUT2D eigenvalue weighted by Gasteiger charge is 2.27. The fourth-order valence-corrected chi connectivity index (χ4v) is 11.4. The maximum Gasteiger partial charge on any atom is 0.0700 e. The Labute approximate surface area is 176 Å². The molecule has 0 N–H and O–H groups in total. The van der Waals surface area contributed by atoms with Crippen LogP contribution in [-0.2, 0) is 0 Å².